The summed E-state index contributed by atoms with van der Waals surface area (Å²) in [6.45, 7) is 0. The summed E-state index contributed by atoms with van der Waals surface area (Å²) in [5, 5.41) is 16.9. The quantitative estimate of drug-likeness (QED) is 0.337. The van der Waals surface area contributed by atoms with Gasteiger partial charge in [0.1, 0.15) is 5.01 Å². The fraction of sp³-hybridized carbons (Fsp3) is 0.0769. The van der Waals surface area contributed by atoms with Gasteiger partial charge in [-0.3, -0.25) is 10.1 Å². The first kappa shape index (κ1) is 22.3. The highest BCUT2D eigenvalue weighted by Gasteiger charge is 2.21. The van der Waals surface area contributed by atoms with E-state index in [1.54, 1.807) is 25.0 Å². The molecule has 2 heterocycles. The Morgan fingerprint density at radius 1 is 0.857 bits per heavy atom. The maximum atomic E-state index is 13.4. The maximum Gasteiger partial charge on any atom is 0.278 e. The number of ether oxygens (including phenoxy) is 2. The van der Waals surface area contributed by atoms with E-state index in [9.17, 15) is 4.79 Å². The first-order valence-corrected chi connectivity index (χ1v) is 11.6. The summed E-state index contributed by atoms with van der Waals surface area (Å²) in [5.74, 6) is 0.765. The molecule has 5 aromatic rings. The van der Waals surface area contributed by atoms with Crippen LogP contribution in [-0.2, 0) is 0 Å². The zero-order valence-corrected chi connectivity index (χ0v) is 19.8. The number of amides is 1. The SMILES string of the molecule is COc1ccc(-c2cn(-c3ccccc3)nc2C(=O)Nc2nnc(-c3ccccc3)s2)cc1OC. The molecule has 174 valence electrons. The highest BCUT2D eigenvalue weighted by molar-refractivity contribution is 7.18. The lowest BCUT2D eigenvalue weighted by atomic mass is 10.1. The van der Waals surface area contributed by atoms with Gasteiger partial charge in [-0.25, -0.2) is 4.68 Å². The summed E-state index contributed by atoms with van der Waals surface area (Å²) in [4.78, 5) is 13.4. The molecule has 0 saturated carbocycles. The van der Waals surface area contributed by atoms with E-state index in [1.165, 1.54) is 11.3 Å². The zero-order chi connectivity index (χ0) is 24.2. The van der Waals surface area contributed by atoms with E-state index in [-0.39, 0.29) is 11.6 Å². The summed E-state index contributed by atoms with van der Waals surface area (Å²) >= 11 is 1.30. The third kappa shape index (κ3) is 4.62. The van der Waals surface area contributed by atoms with Crippen molar-refractivity contribution in [2.45, 2.75) is 0 Å². The Kier molecular flexibility index (Phi) is 6.23. The van der Waals surface area contributed by atoms with E-state index >= 15 is 0 Å². The second-order valence-corrected chi connectivity index (χ2v) is 8.45. The molecule has 8 nitrogen and oxygen atoms in total. The minimum Gasteiger partial charge on any atom is -0.493 e. The molecule has 0 fully saturated rings. The van der Waals surface area contributed by atoms with Gasteiger partial charge in [0.05, 0.1) is 19.9 Å². The third-order valence-electron chi connectivity index (χ3n) is 5.31. The number of rotatable bonds is 7. The Balaban J connectivity index is 1.52. The van der Waals surface area contributed by atoms with Gasteiger partial charge in [0.15, 0.2) is 17.2 Å². The molecule has 0 aliphatic heterocycles. The lowest BCUT2D eigenvalue weighted by Crippen LogP contribution is -2.14. The Hall–Kier alpha value is -4.50. The number of nitrogens with zero attached hydrogens (tertiary/aromatic N) is 4. The molecule has 0 aliphatic rings. The second-order valence-electron chi connectivity index (χ2n) is 7.47. The van der Waals surface area contributed by atoms with E-state index in [0.717, 1.165) is 21.8 Å². The number of benzene rings is 3. The molecule has 0 bridgehead atoms. The van der Waals surface area contributed by atoms with Crippen molar-refractivity contribution in [3.63, 3.8) is 0 Å². The monoisotopic (exact) mass is 483 g/mol. The smallest absolute Gasteiger partial charge is 0.278 e. The Morgan fingerprint density at radius 2 is 1.57 bits per heavy atom. The Morgan fingerprint density at radius 3 is 2.29 bits per heavy atom. The zero-order valence-electron chi connectivity index (χ0n) is 19.0. The van der Waals surface area contributed by atoms with E-state index in [2.05, 4.69) is 20.6 Å². The lowest BCUT2D eigenvalue weighted by Gasteiger charge is -2.09. The van der Waals surface area contributed by atoms with Crippen molar-refractivity contribution in [2.75, 3.05) is 19.5 Å². The van der Waals surface area contributed by atoms with Crippen LogP contribution in [0.4, 0.5) is 5.13 Å². The molecule has 3 aromatic carbocycles. The molecular formula is C26H21N5O3S. The maximum absolute atomic E-state index is 13.4. The fourth-order valence-corrected chi connectivity index (χ4v) is 4.34. The molecule has 0 spiro atoms. The van der Waals surface area contributed by atoms with Gasteiger partial charge in [0, 0.05) is 17.3 Å². The van der Waals surface area contributed by atoms with E-state index in [0.29, 0.717) is 22.2 Å². The summed E-state index contributed by atoms with van der Waals surface area (Å²) in [5.41, 5.74) is 3.41. The molecule has 35 heavy (non-hydrogen) atoms. The molecular weight excluding hydrogens is 462 g/mol. The average molecular weight is 484 g/mol. The number of anilines is 1. The summed E-state index contributed by atoms with van der Waals surface area (Å²) in [6, 6.07) is 24.8. The van der Waals surface area contributed by atoms with Crippen LogP contribution in [-0.4, -0.2) is 40.1 Å². The van der Waals surface area contributed by atoms with Gasteiger partial charge in [-0.15, -0.1) is 10.2 Å². The van der Waals surface area contributed by atoms with Gasteiger partial charge in [0.2, 0.25) is 5.13 Å². The van der Waals surface area contributed by atoms with Crippen molar-refractivity contribution < 1.29 is 14.3 Å². The van der Waals surface area contributed by atoms with Crippen LogP contribution >= 0.6 is 11.3 Å². The molecule has 0 atom stereocenters. The molecule has 1 amide bonds. The Labute approximate surface area is 205 Å². The van der Waals surface area contributed by atoms with Gasteiger partial charge in [-0.05, 0) is 29.8 Å². The van der Waals surface area contributed by atoms with Crippen molar-refractivity contribution in [1.29, 1.82) is 0 Å². The largest absolute Gasteiger partial charge is 0.493 e. The van der Waals surface area contributed by atoms with Crippen LogP contribution in [0.25, 0.3) is 27.4 Å². The number of para-hydroxylation sites is 1. The van der Waals surface area contributed by atoms with Crippen molar-refractivity contribution in [3.05, 3.63) is 90.8 Å². The standard InChI is InChI=1S/C26H21N5O3S/c1-33-21-14-13-18(15-22(21)34-2)20-16-31(19-11-7-4-8-12-19)30-23(20)24(32)27-26-29-28-25(35-26)17-9-5-3-6-10-17/h3-16H,1-2H3,(H,27,29,32). The first-order chi connectivity index (χ1) is 17.2. The molecule has 2 aromatic heterocycles. The van der Waals surface area contributed by atoms with E-state index in [4.69, 9.17) is 9.47 Å². The van der Waals surface area contributed by atoms with Crippen molar-refractivity contribution >= 4 is 22.4 Å². The van der Waals surface area contributed by atoms with Gasteiger partial charge >= 0.3 is 0 Å². The molecule has 5 rings (SSSR count). The molecule has 0 saturated heterocycles. The van der Waals surface area contributed by atoms with Crippen molar-refractivity contribution in [3.8, 4) is 38.9 Å². The Bertz CT molecular complexity index is 1470. The third-order valence-corrected chi connectivity index (χ3v) is 6.20. The summed E-state index contributed by atoms with van der Waals surface area (Å²) < 4.78 is 12.5. The van der Waals surface area contributed by atoms with Crippen LogP contribution in [0.3, 0.4) is 0 Å². The van der Waals surface area contributed by atoms with Gasteiger partial charge in [-0.2, -0.15) is 5.10 Å². The second kappa shape index (κ2) is 9.78. The van der Waals surface area contributed by atoms with Crippen molar-refractivity contribution in [1.82, 2.24) is 20.0 Å². The topological polar surface area (TPSA) is 91.2 Å². The predicted octanol–water partition coefficient (Wildman–Crippen LogP) is 5.33. The van der Waals surface area contributed by atoms with Gasteiger partial charge in [0.25, 0.3) is 5.91 Å². The summed E-state index contributed by atoms with van der Waals surface area (Å²) in [6.07, 6.45) is 1.82. The lowest BCUT2D eigenvalue weighted by molar-refractivity contribution is 0.102. The minimum absolute atomic E-state index is 0.248. The number of carbonyl (C=O) groups excluding carboxylic acids is 1. The highest BCUT2D eigenvalue weighted by atomic mass is 32.1. The number of nitrogens with one attached hydrogen (secondary N) is 1. The predicted molar refractivity (Wildman–Crippen MR) is 135 cm³/mol. The average Bonchev–Trinajstić information content (AvgIpc) is 3.57. The van der Waals surface area contributed by atoms with Crippen LogP contribution in [0.1, 0.15) is 10.5 Å². The number of methoxy groups -OCH3 is 2. The van der Waals surface area contributed by atoms with Crippen LogP contribution < -0.4 is 14.8 Å². The van der Waals surface area contributed by atoms with Gasteiger partial charge in [-0.1, -0.05) is 65.9 Å². The highest BCUT2D eigenvalue weighted by Crippen LogP contribution is 2.34. The first-order valence-electron chi connectivity index (χ1n) is 10.7. The van der Waals surface area contributed by atoms with E-state index < -0.39 is 0 Å². The van der Waals surface area contributed by atoms with E-state index in [1.807, 2.05) is 79.0 Å². The summed E-state index contributed by atoms with van der Waals surface area (Å²) in [7, 11) is 3.15. The number of hydrogen-bond donors (Lipinski definition) is 1. The molecule has 0 aliphatic carbocycles. The van der Waals surface area contributed by atoms with Crippen molar-refractivity contribution in [2.24, 2.45) is 0 Å². The van der Waals surface area contributed by atoms with Crippen LogP contribution in [0.2, 0.25) is 0 Å². The molecule has 9 heteroatoms. The fourth-order valence-electron chi connectivity index (χ4n) is 3.60. The normalized spacial score (nSPS) is 10.7. The van der Waals surface area contributed by atoms with Crippen LogP contribution in [0.5, 0.6) is 11.5 Å². The van der Waals surface area contributed by atoms with Crippen LogP contribution in [0.15, 0.2) is 85.1 Å². The van der Waals surface area contributed by atoms with Gasteiger partial charge < -0.3 is 9.47 Å². The van der Waals surface area contributed by atoms with Crippen LogP contribution in [0, 0.1) is 0 Å². The number of aromatic nitrogens is 4. The molecule has 0 radical (unpaired) electrons. The minimum atomic E-state index is -0.389. The number of carbonyl (C=O) groups is 1. The molecule has 0 unspecified atom stereocenters. The molecule has 1 N–H and O–H groups in total. The number of hydrogen-bond acceptors (Lipinski definition) is 7.